The maximum Gasteiger partial charge on any atom is 0.197 e. The summed E-state index contributed by atoms with van der Waals surface area (Å²) in [7, 11) is 2.49. The van der Waals surface area contributed by atoms with Gasteiger partial charge in [0.1, 0.15) is 0 Å². The first-order chi connectivity index (χ1) is 22.6. The van der Waals surface area contributed by atoms with Crippen molar-refractivity contribution >= 4 is 88.9 Å². The summed E-state index contributed by atoms with van der Waals surface area (Å²) in [4.78, 5) is 3.99. The summed E-state index contributed by atoms with van der Waals surface area (Å²) in [6.45, 7) is 4.87. The average molecular weight is 582 g/mol. The van der Waals surface area contributed by atoms with Crippen LogP contribution in [0.2, 0.25) is 0 Å². The highest BCUT2D eigenvalue weighted by Gasteiger charge is 2.42. The van der Waals surface area contributed by atoms with Crippen LogP contribution in [0.15, 0.2) is 115 Å². The van der Waals surface area contributed by atoms with Gasteiger partial charge in [-0.3, -0.25) is 0 Å². The fourth-order valence-electron chi connectivity index (χ4n) is 9.66. The summed E-state index contributed by atoms with van der Waals surface area (Å²) in [6.07, 6.45) is 0. The molecule has 1 aliphatic carbocycles. The van der Waals surface area contributed by atoms with Crippen LogP contribution in [0.1, 0.15) is 25.0 Å². The van der Waals surface area contributed by atoms with Crippen LogP contribution in [0.5, 0.6) is 0 Å². The molecule has 0 spiro atoms. The molecule has 1 aliphatic heterocycles. The maximum absolute atomic E-state index is 3.99. The summed E-state index contributed by atoms with van der Waals surface area (Å²) < 4.78 is 2.61. The van der Waals surface area contributed by atoms with Crippen molar-refractivity contribution in [1.82, 2.24) is 9.38 Å². The lowest BCUT2D eigenvalue weighted by molar-refractivity contribution is 0.667. The molecule has 0 bridgehead atoms. The molecule has 2 nitrogen and oxygen atoms in total. The highest BCUT2D eigenvalue weighted by atomic mass is 14.9. The van der Waals surface area contributed by atoms with Gasteiger partial charge in [-0.1, -0.05) is 135 Å². The molecule has 4 heterocycles. The smallest absolute Gasteiger partial charge is 0.197 e. The third-order valence-electron chi connectivity index (χ3n) is 11.4. The molecule has 211 valence electrons. The lowest BCUT2D eigenvalue weighted by atomic mass is 9.58. The number of H-pyrrole nitrogens is 1. The summed E-state index contributed by atoms with van der Waals surface area (Å²) in [6, 6.07) is 43.1. The van der Waals surface area contributed by atoms with Gasteiger partial charge in [0.05, 0.1) is 16.6 Å². The zero-order valence-corrected chi connectivity index (χ0v) is 25.5. The summed E-state index contributed by atoms with van der Waals surface area (Å²) >= 11 is 0. The molecule has 46 heavy (non-hydrogen) atoms. The summed E-state index contributed by atoms with van der Waals surface area (Å²) in [5.41, 5.74) is 17.2. The molecule has 0 unspecified atom stereocenters. The van der Waals surface area contributed by atoms with Gasteiger partial charge in [0, 0.05) is 59.7 Å². The minimum Gasteiger partial charge on any atom is -0.353 e. The Hall–Kier alpha value is -5.54. The number of para-hydroxylation sites is 3. The van der Waals surface area contributed by atoms with E-state index in [0.717, 1.165) is 0 Å². The number of aromatic amines is 1. The Morgan fingerprint density at radius 1 is 0.543 bits per heavy atom. The van der Waals surface area contributed by atoms with E-state index < -0.39 is 0 Å². The Balaban J connectivity index is 1.36. The first kappa shape index (κ1) is 23.8. The normalized spacial score (nSPS) is 14.7. The molecule has 2 aliphatic rings. The Bertz CT molecular complexity index is 3030. The number of hydrogen-bond donors (Lipinski definition) is 1. The van der Waals surface area contributed by atoms with Crippen molar-refractivity contribution in [3.05, 3.63) is 126 Å². The standard InChI is InChI=1S/C43H26BN2/c1-43(2)31-18-6-5-12-28(31)33-34(29-16-7-13-24-25-21-20-22-10-3-4-11-23(22)38(25)45-39(24)29)37-42-35(36(33)43)30-17-8-14-26-27-15-9-19-32(44-37)41(27)46(42)40(26)30/h3-21,45H,1-2H3. The summed E-state index contributed by atoms with van der Waals surface area (Å²) in [5.74, 6) is 0. The number of aromatic nitrogens is 2. The molecular weight excluding hydrogens is 555 g/mol. The highest BCUT2D eigenvalue weighted by molar-refractivity contribution is 6.75. The van der Waals surface area contributed by atoms with Crippen molar-refractivity contribution in [3.8, 4) is 22.3 Å². The minimum absolute atomic E-state index is 0.155. The van der Waals surface area contributed by atoms with E-state index in [0.29, 0.717) is 0 Å². The van der Waals surface area contributed by atoms with E-state index in [9.17, 15) is 0 Å². The van der Waals surface area contributed by atoms with E-state index in [1.165, 1.54) is 115 Å². The van der Waals surface area contributed by atoms with E-state index in [1.807, 2.05) is 0 Å². The first-order valence-electron chi connectivity index (χ1n) is 16.3. The van der Waals surface area contributed by atoms with Crippen molar-refractivity contribution in [2.45, 2.75) is 19.3 Å². The minimum atomic E-state index is -0.155. The van der Waals surface area contributed by atoms with Crippen molar-refractivity contribution in [3.63, 3.8) is 0 Å². The van der Waals surface area contributed by atoms with Gasteiger partial charge in [0.2, 0.25) is 0 Å². The van der Waals surface area contributed by atoms with Crippen molar-refractivity contribution in [2.75, 3.05) is 0 Å². The molecule has 3 heteroatoms. The van der Waals surface area contributed by atoms with Gasteiger partial charge >= 0.3 is 0 Å². The molecule has 0 fully saturated rings. The number of nitrogens with zero attached hydrogens (tertiary/aromatic N) is 1. The van der Waals surface area contributed by atoms with Gasteiger partial charge in [0.25, 0.3) is 0 Å². The van der Waals surface area contributed by atoms with Crippen molar-refractivity contribution in [2.24, 2.45) is 0 Å². The molecule has 12 rings (SSSR count). The molecule has 3 aromatic heterocycles. The molecular formula is C43H26BN2. The number of benzene rings is 7. The fourth-order valence-corrected chi connectivity index (χ4v) is 9.66. The quantitative estimate of drug-likeness (QED) is 0.186. The van der Waals surface area contributed by atoms with Crippen LogP contribution in [-0.2, 0) is 5.41 Å². The second kappa shape index (κ2) is 7.63. The van der Waals surface area contributed by atoms with E-state index in [4.69, 9.17) is 0 Å². The zero-order chi connectivity index (χ0) is 30.1. The lowest BCUT2D eigenvalue weighted by Crippen LogP contribution is -2.35. The molecule has 1 radical (unpaired) electrons. The number of fused-ring (bicyclic) bond motifs is 11. The van der Waals surface area contributed by atoms with Crippen LogP contribution in [0, 0.1) is 0 Å². The topological polar surface area (TPSA) is 20.2 Å². The number of nitrogens with one attached hydrogen (secondary N) is 1. The van der Waals surface area contributed by atoms with Gasteiger partial charge < -0.3 is 9.38 Å². The molecule has 0 atom stereocenters. The predicted molar refractivity (Wildman–Crippen MR) is 196 cm³/mol. The van der Waals surface area contributed by atoms with Gasteiger partial charge in [-0.2, -0.15) is 0 Å². The molecule has 1 N–H and O–H groups in total. The van der Waals surface area contributed by atoms with Crippen LogP contribution in [0.3, 0.4) is 0 Å². The Morgan fingerprint density at radius 3 is 2.17 bits per heavy atom. The first-order valence-corrected chi connectivity index (χ1v) is 16.3. The number of rotatable bonds is 1. The average Bonchev–Trinajstić information content (AvgIpc) is 3.81. The highest BCUT2D eigenvalue weighted by Crippen LogP contribution is 2.57. The van der Waals surface area contributed by atoms with Gasteiger partial charge in [0.15, 0.2) is 7.28 Å². The van der Waals surface area contributed by atoms with Crippen LogP contribution < -0.4 is 10.9 Å². The Labute approximate surface area is 265 Å². The SMILES string of the molecule is CC1(C)c2ccccc2-c2c(-c3cccc4c3[nH]c3c5ccccc5ccc43)c3c4c(c21)c1cccc2c5cccc(c5n4c21)[B]3. The third-order valence-corrected chi connectivity index (χ3v) is 11.4. The van der Waals surface area contributed by atoms with Crippen LogP contribution in [0.25, 0.3) is 92.9 Å². The lowest BCUT2D eigenvalue weighted by Gasteiger charge is -2.26. The van der Waals surface area contributed by atoms with Crippen molar-refractivity contribution < 1.29 is 0 Å². The molecule has 0 saturated carbocycles. The van der Waals surface area contributed by atoms with Crippen LogP contribution in [0.4, 0.5) is 0 Å². The van der Waals surface area contributed by atoms with Gasteiger partial charge in [-0.15, -0.1) is 0 Å². The van der Waals surface area contributed by atoms with Crippen LogP contribution in [-0.4, -0.2) is 16.7 Å². The van der Waals surface area contributed by atoms with E-state index >= 15 is 0 Å². The van der Waals surface area contributed by atoms with E-state index in [-0.39, 0.29) is 5.41 Å². The molecule has 0 saturated heterocycles. The van der Waals surface area contributed by atoms with Gasteiger partial charge in [-0.05, 0) is 38.7 Å². The third kappa shape index (κ3) is 2.48. The van der Waals surface area contributed by atoms with Gasteiger partial charge in [-0.25, -0.2) is 0 Å². The second-order valence-corrected chi connectivity index (χ2v) is 13.9. The Kier molecular flexibility index (Phi) is 3.95. The largest absolute Gasteiger partial charge is 0.353 e. The second-order valence-electron chi connectivity index (χ2n) is 13.9. The molecule has 0 amide bonds. The van der Waals surface area contributed by atoms with Crippen molar-refractivity contribution in [1.29, 1.82) is 0 Å². The zero-order valence-electron chi connectivity index (χ0n) is 25.5. The Morgan fingerprint density at radius 2 is 1.24 bits per heavy atom. The molecule has 7 aromatic carbocycles. The summed E-state index contributed by atoms with van der Waals surface area (Å²) in [5, 5.41) is 10.5. The fraction of sp³-hybridized carbons (Fsp3) is 0.0698. The maximum atomic E-state index is 3.99. The van der Waals surface area contributed by atoms with Crippen LogP contribution >= 0.6 is 0 Å². The van der Waals surface area contributed by atoms with E-state index in [1.54, 1.807) is 0 Å². The number of hydrogen-bond acceptors (Lipinski definition) is 0. The van der Waals surface area contributed by atoms with E-state index in [2.05, 4.69) is 146 Å². The molecule has 10 aromatic rings. The predicted octanol–water partition coefficient (Wildman–Crippen LogP) is 9.57. The monoisotopic (exact) mass is 581 g/mol.